The minimum absolute atomic E-state index is 0.259. The molecule has 0 fully saturated rings. The summed E-state index contributed by atoms with van der Waals surface area (Å²) in [6.07, 6.45) is 2.78. The SMILES string of the molecule is CCCC(C)(NC(=O)c1ccc(Br)cn1)C(=O)OC. The number of nitrogens with one attached hydrogen (secondary N) is 1. The number of ether oxygens (including phenoxy) is 1. The number of methoxy groups -OCH3 is 1. The summed E-state index contributed by atoms with van der Waals surface area (Å²) >= 11 is 3.25. The lowest BCUT2D eigenvalue weighted by Crippen LogP contribution is -2.52. The number of esters is 1. The van der Waals surface area contributed by atoms with Crippen molar-refractivity contribution < 1.29 is 14.3 Å². The fourth-order valence-electron chi connectivity index (χ4n) is 1.77. The van der Waals surface area contributed by atoms with E-state index in [-0.39, 0.29) is 5.69 Å². The predicted molar refractivity (Wildman–Crippen MR) is 74.7 cm³/mol. The van der Waals surface area contributed by atoms with Crippen molar-refractivity contribution in [2.75, 3.05) is 7.11 Å². The van der Waals surface area contributed by atoms with Gasteiger partial charge in [0.1, 0.15) is 11.2 Å². The zero-order valence-corrected chi connectivity index (χ0v) is 12.8. The maximum Gasteiger partial charge on any atom is 0.331 e. The highest BCUT2D eigenvalue weighted by atomic mass is 79.9. The number of nitrogens with zero attached hydrogens (tertiary/aromatic N) is 1. The van der Waals surface area contributed by atoms with Crippen LogP contribution in [-0.4, -0.2) is 29.5 Å². The van der Waals surface area contributed by atoms with Crippen molar-refractivity contribution in [3.8, 4) is 0 Å². The van der Waals surface area contributed by atoms with Crippen LogP contribution in [0.15, 0.2) is 22.8 Å². The molecule has 0 bridgehead atoms. The van der Waals surface area contributed by atoms with Gasteiger partial charge in [0.2, 0.25) is 0 Å². The maximum atomic E-state index is 12.1. The van der Waals surface area contributed by atoms with E-state index in [0.29, 0.717) is 6.42 Å². The summed E-state index contributed by atoms with van der Waals surface area (Å²) in [7, 11) is 1.31. The van der Waals surface area contributed by atoms with Crippen LogP contribution in [0.1, 0.15) is 37.2 Å². The molecule has 0 saturated carbocycles. The molecule has 19 heavy (non-hydrogen) atoms. The van der Waals surface area contributed by atoms with Crippen molar-refractivity contribution in [3.05, 3.63) is 28.5 Å². The van der Waals surface area contributed by atoms with Gasteiger partial charge in [-0.25, -0.2) is 9.78 Å². The van der Waals surface area contributed by atoms with E-state index in [0.717, 1.165) is 10.9 Å². The number of pyridine rings is 1. The number of carbonyl (C=O) groups is 2. The standard InChI is InChI=1S/C13H17BrN2O3/c1-4-7-13(2,12(18)19-3)16-11(17)10-6-5-9(14)8-15-10/h5-6,8H,4,7H2,1-3H3,(H,16,17). The van der Waals surface area contributed by atoms with Gasteiger partial charge in [0.15, 0.2) is 0 Å². The lowest BCUT2D eigenvalue weighted by Gasteiger charge is -2.27. The number of amides is 1. The second-order valence-electron chi connectivity index (χ2n) is 4.39. The molecule has 0 aliphatic carbocycles. The third-order valence-corrected chi connectivity index (χ3v) is 3.20. The Bertz CT molecular complexity index is 461. The fraction of sp³-hybridized carbons (Fsp3) is 0.462. The van der Waals surface area contributed by atoms with Gasteiger partial charge in [-0.05, 0) is 41.4 Å². The Morgan fingerprint density at radius 2 is 2.16 bits per heavy atom. The van der Waals surface area contributed by atoms with E-state index < -0.39 is 17.4 Å². The molecule has 0 aliphatic heterocycles. The van der Waals surface area contributed by atoms with E-state index in [2.05, 4.69) is 26.2 Å². The van der Waals surface area contributed by atoms with E-state index in [1.807, 2.05) is 6.92 Å². The molecule has 1 aromatic heterocycles. The topological polar surface area (TPSA) is 68.3 Å². The first kappa shape index (κ1) is 15.6. The van der Waals surface area contributed by atoms with Gasteiger partial charge in [-0.2, -0.15) is 0 Å². The summed E-state index contributed by atoms with van der Waals surface area (Å²) in [5, 5.41) is 2.69. The van der Waals surface area contributed by atoms with E-state index in [4.69, 9.17) is 4.74 Å². The van der Waals surface area contributed by atoms with Gasteiger partial charge in [0, 0.05) is 10.7 Å². The molecule has 1 N–H and O–H groups in total. The molecule has 0 saturated heterocycles. The average molecular weight is 329 g/mol. The summed E-state index contributed by atoms with van der Waals surface area (Å²) in [4.78, 5) is 27.8. The highest BCUT2D eigenvalue weighted by Gasteiger charge is 2.35. The smallest absolute Gasteiger partial charge is 0.331 e. The van der Waals surface area contributed by atoms with Gasteiger partial charge in [-0.15, -0.1) is 0 Å². The van der Waals surface area contributed by atoms with Gasteiger partial charge in [0.05, 0.1) is 7.11 Å². The lowest BCUT2D eigenvalue weighted by molar-refractivity contribution is -0.147. The Morgan fingerprint density at radius 1 is 1.47 bits per heavy atom. The molecule has 6 heteroatoms. The normalized spacial score (nSPS) is 13.5. The van der Waals surface area contributed by atoms with E-state index >= 15 is 0 Å². The summed E-state index contributed by atoms with van der Waals surface area (Å²) in [5.74, 6) is -0.853. The van der Waals surface area contributed by atoms with Crippen molar-refractivity contribution in [2.24, 2.45) is 0 Å². The first-order valence-corrected chi connectivity index (χ1v) is 6.74. The Morgan fingerprint density at radius 3 is 2.63 bits per heavy atom. The molecule has 0 radical (unpaired) electrons. The number of halogens is 1. The number of carbonyl (C=O) groups excluding carboxylic acids is 2. The molecule has 1 amide bonds. The Labute approximate surface area is 120 Å². The third-order valence-electron chi connectivity index (χ3n) is 2.74. The van der Waals surface area contributed by atoms with Crippen molar-refractivity contribution in [1.82, 2.24) is 10.3 Å². The van der Waals surface area contributed by atoms with Gasteiger partial charge in [-0.1, -0.05) is 13.3 Å². The van der Waals surface area contributed by atoms with Crippen LogP contribution >= 0.6 is 15.9 Å². The minimum atomic E-state index is -1.03. The summed E-state index contributed by atoms with van der Waals surface area (Å²) in [5.41, 5.74) is -0.774. The van der Waals surface area contributed by atoms with E-state index in [1.165, 1.54) is 13.3 Å². The second kappa shape index (κ2) is 6.65. The van der Waals surface area contributed by atoms with Crippen LogP contribution < -0.4 is 5.32 Å². The van der Waals surface area contributed by atoms with Gasteiger partial charge in [0.25, 0.3) is 5.91 Å². The van der Waals surface area contributed by atoms with Crippen LogP contribution in [0, 0.1) is 0 Å². The number of aromatic nitrogens is 1. The number of hydrogen-bond acceptors (Lipinski definition) is 4. The van der Waals surface area contributed by atoms with Crippen molar-refractivity contribution in [2.45, 2.75) is 32.2 Å². The predicted octanol–water partition coefficient (Wildman–Crippen LogP) is 2.31. The Hall–Kier alpha value is -1.43. The molecule has 1 rings (SSSR count). The highest BCUT2D eigenvalue weighted by Crippen LogP contribution is 2.15. The molecular weight excluding hydrogens is 312 g/mol. The summed E-state index contributed by atoms with van der Waals surface area (Å²) in [6, 6.07) is 3.31. The Balaban J connectivity index is 2.87. The second-order valence-corrected chi connectivity index (χ2v) is 5.31. The molecule has 5 nitrogen and oxygen atoms in total. The summed E-state index contributed by atoms with van der Waals surface area (Å²) < 4.78 is 5.53. The summed E-state index contributed by atoms with van der Waals surface area (Å²) in [6.45, 7) is 3.59. The fourth-order valence-corrected chi connectivity index (χ4v) is 2.00. The van der Waals surface area contributed by atoms with Gasteiger partial charge in [-0.3, -0.25) is 4.79 Å². The largest absolute Gasteiger partial charge is 0.467 e. The average Bonchev–Trinajstić information content (AvgIpc) is 2.38. The van der Waals surface area contributed by atoms with Crippen LogP contribution in [0.2, 0.25) is 0 Å². The van der Waals surface area contributed by atoms with E-state index in [1.54, 1.807) is 19.1 Å². The number of hydrogen-bond donors (Lipinski definition) is 1. The quantitative estimate of drug-likeness (QED) is 0.842. The monoisotopic (exact) mass is 328 g/mol. The van der Waals surface area contributed by atoms with Gasteiger partial charge < -0.3 is 10.1 Å². The van der Waals surface area contributed by atoms with Crippen molar-refractivity contribution >= 4 is 27.8 Å². The van der Waals surface area contributed by atoms with Crippen LogP contribution in [0.25, 0.3) is 0 Å². The van der Waals surface area contributed by atoms with Crippen LogP contribution in [0.3, 0.4) is 0 Å². The first-order chi connectivity index (χ1) is 8.92. The molecule has 0 spiro atoms. The van der Waals surface area contributed by atoms with E-state index in [9.17, 15) is 9.59 Å². The molecule has 0 aromatic carbocycles. The Kier molecular flexibility index (Phi) is 5.47. The molecule has 1 unspecified atom stereocenters. The molecule has 1 heterocycles. The van der Waals surface area contributed by atoms with Gasteiger partial charge >= 0.3 is 5.97 Å². The molecule has 1 aromatic rings. The number of rotatable bonds is 5. The van der Waals surface area contributed by atoms with Crippen molar-refractivity contribution in [1.29, 1.82) is 0 Å². The molecule has 104 valence electrons. The molecular formula is C13H17BrN2O3. The van der Waals surface area contributed by atoms with Crippen LogP contribution in [0.4, 0.5) is 0 Å². The first-order valence-electron chi connectivity index (χ1n) is 5.95. The highest BCUT2D eigenvalue weighted by molar-refractivity contribution is 9.10. The van der Waals surface area contributed by atoms with Crippen molar-refractivity contribution in [3.63, 3.8) is 0 Å². The van der Waals surface area contributed by atoms with Crippen LogP contribution in [-0.2, 0) is 9.53 Å². The maximum absolute atomic E-state index is 12.1. The molecule has 0 aliphatic rings. The third kappa shape index (κ3) is 4.02. The molecule has 1 atom stereocenters. The minimum Gasteiger partial charge on any atom is -0.467 e. The van der Waals surface area contributed by atoms with Crippen LogP contribution in [0.5, 0.6) is 0 Å². The lowest BCUT2D eigenvalue weighted by atomic mass is 9.96. The zero-order chi connectivity index (χ0) is 14.5. The zero-order valence-electron chi connectivity index (χ0n) is 11.2.